The molecule has 1 fully saturated rings. The van der Waals surface area contributed by atoms with Crippen LogP contribution < -0.4 is 16.4 Å². The zero-order chi connectivity index (χ0) is 21.1. The Labute approximate surface area is 177 Å². The van der Waals surface area contributed by atoms with Gasteiger partial charge in [0.2, 0.25) is 11.8 Å². The number of rotatable bonds is 5. The van der Waals surface area contributed by atoms with Crippen LogP contribution in [0.25, 0.3) is 0 Å². The topological polar surface area (TPSA) is 87.5 Å². The largest absolute Gasteiger partial charge is 0.366 e. The first-order valence-corrected chi connectivity index (χ1v) is 10.7. The standard InChI is InChI=1S/C24H30N4O2/c1-24(9-11-26-12-10-24)23(30)27-21-6-2-17(3-7-21)15-28-13-8-18-14-19(22(25)29)4-5-20(18)16-28/h2-7,14,26H,8-13,15-16H2,1H3,(H2,25,29)(H,27,30). The second-order valence-electron chi connectivity index (χ2n) is 8.77. The van der Waals surface area contributed by atoms with Crippen molar-refractivity contribution in [2.45, 2.75) is 39.3 Å². The van der Waals surface area contributed by atoms with E-state index < -0.39 is 0 Å². The van der Waals surface area contributed by atoms with E-state index in [0.29, 0.717) is 5.56 Å². The van der Waals surface area contributed by atoms with Gasteiger partial charge in [0, 0.05) is 36.3 Å². The van der Waals surface area contributed by atoms with Crippen molar-refractivity contribution in [3.8, 4) is 0 Å². The Balaban J connectivity index is 1.35. The summed E-state index contributed by atoms with van der Waals surface area (Å²) in [6.07, 6.45) is 2.65. The van der Waals surface area contributed by atoms with Crippen LogP contribution in [0.2, 0.25) is 0 Å². The third-order valence-electron chi connectivity index (χ3n) is 6.46. The minimum Gasteiger partial charge on any atom is -0.366 e. The van der Waals surface area contributed by atoms with Crippen molar-refractivity contribution in [1.82, 2.24) is 10.2 Å². The maximum atomic E-state index is 12.7. The molecule has 0 unspecified atom stereocenters. The minimum absolute atomic E-state index is 0.111. The van der Waals surface area contributed by atoms with Crippen molar-refractivity contribution in [1.29, 1.82) is 0 Å². The molecular formula is C24H30N4O2. The highest BCUT2D eigenvalue weighted by Gasteiger charge is 2.34. The van der Waals surface area contributed by atoms with Crippen LogP contribution >= 0.6 is 0 Å². The summed E-state index contributed by atoms with van der Waals surface area (Å²) in [6, 6.07) is 13.9. The van der Waals surface area contributed by atoms with E-state index in [1.54, 1.807) is 0 Å². The quantitative estimate of drug-likeness (QED) is 0.712. The van der Waals surface area contributed by atoms with Crippen molar-refractivity contribution in [2.24, 2.45) is 11.1 Å². The van der Waals surface area contributed by atoms with Crippen LogP contribution in [0.15, 0.2) is 42.5 Å². The fourth-order valence-corrected chi connectivity index (χ4v) is 4.34. The average Bonchev–Trinajstić information content (AvgIpc) is 2.75. The van der Waals surface area contributed by atoms with Gasteiger partial charge in [0.1, 0.15) is 0 Å². The van der Waals surface area contributed by atoms with E-state index >= 15 is 0 Å². The first-order valence-electron chi connectivity index (χ1n) is 10.7. The zero-order valence-corrected chi connectivity index (χ0v) is 17.5. The molecule has 30 heavy (non-hydrogen) atoms. The number of carbonyl (C=O) groups excluding carboxylic acids is 2. The number of benzene rings is 2. The number of anilines is 1. The molecular weight excluding hydrogens is 376 g/mol. The predicted octanol–water partition coefficient (Wildman–Crippen LogP) is 2.67. The van der Waals surface area contributed by atoms with Gasteiger partial charge in [0.25, 0.3) is 0 Å². The van der Waals surface area contributed by atoms with Gasteiger partial charge in [-0.2, -0.15) is 0 Å². The van der Waals surface area contributed by atoms with E-state index in [1.807, 2.05) is 30.3 Å². The molecule has 4 N–H and O–H groups in total. The van der Waals surface area contributed by atoms with Crippen LogP contribution in [-0.4, -0.2) is 36.3 Å². The summed E-state index contributed by atoms with van der Waals surface area (Å²) in [6.45, 7) is 6.50. The fraction of sp³-hybridized carbons (Fsp3) is 0.417. The Hall–Kier alpha value is -2.70. The lowest BCUT2D eigenvalue weighted by molar-refractivity contribution is -0.126. The van der Waals surface area contributed by atoms with Gasteiger partial charge in [-0.3, -0.25) is 14.5 Å². The van der Waals surface area contributed by atoms with Crippen molar-refractivity contribution in [3.63, 3.8) is 0 Å². The summed E-state index contributed by atoms with van der Waals surface area (Å²) in [5, 5.41) is 6.41. The van der Waals surface area contributed by atoms with Crippen molar-refractivity contribution < 1.29 is 9.59 Å². The molecule has 158 valence electrons. The van der Waals surface area contributed by atoms with Gasteiger partial charge in [-0.1, -0.05) is 25.1 Å². The highest BCUT2D eigenvalue weighted by Crippen LogP contribution is 2.29. The van der Waals surface area contributed by atoms with Gasteiger partial charge in [-0.15, -0.1) is 0 Å². The third kappa shape index (κ3) is 4.55. The summed E-state index contributed by atoms with van der Waals surface area (Å²) < 4.78 is 0. The number of hydrogen-bond donors (Lipinski definition) is 3. The molecule has 6 nitrogen and oxygen atoms in total. The van der Waals surface area contributed by atoms with Gasteiger partial charge >= 0.3 is 0 Å². The smallest absolute Gasteiger partial charge is 0.248 e. The normalized spacial score (nSPS) is 18.4. The van der Waals surface area contributed by atoms with Crippen LogP contribution in [0, 0.1) is 5.41 Å². The summed E-state index contributed by atoms with van der Waals surface area (Å²) >= 11 is 0. The summed E-state index contributed by atoms with van der Waals surface area (Å²) in [7, 11) is 0. The molecule has 2 aromatic rings. The highest BCUT2D eigenvalue weighted by molar-refractivity contribution is 5.95. The number of nitrogens with one attached hydrogen (secondary N) is 2. The Kier molecular flexibility index (Phi) is 5.88. The maximum Gasteiger partial charge on any atom is 0.248 e. The van der Waals surface area contributed by atoms with E-state index in [1.165, 1.54) is 16.7 Å². The third-order valence-corrected chi connectivity index (χ3v) is 6.46. The van der Waals surface area contributed by atoms with E-state index in [0.717, 1.165) is 57.7 Å². The number of nitrogens with two attached hydrogens (primary N) is 1. The SMILES string of the molecule is CC1(C(=O)Nc2ccc(CN3CCc4cc(C(N)=O)ccc4C3)cc2)CCNCC1. The molecule has 1 saturated heterocycles. The monoisotopic (exact) mass is 406 g/mol. The zero-order valence-electron chi connectivity index (χ0n) is 17.5. The van der Waals surface area contributed by atoms with Crippen LogP contribution in [-0.2, 0) is 24.3 Å². The first-order chi connectivity index (χ1) is 14.4. The molecule has 0 atom stereocenters. The second-order valence-corrected chi connectivity index (χ2v) is 8.77. The average molecular weight is 407 g/mol. The lowest BCUT2D eigenvalue weighted by Gasteiger charge is -2.32. The van der Waals surface area contributed by atoms with Crippen LogP contribution in [0.4, 0.5) is 5.69 Å². The number of amides is 2. The molecule has 2 aliphatic rings. The molecule has 2 heterocycles. The molecule has 0 radical (unpaired) electrons. The first kappa shape index (κ1) is 20.6. The van der Waals surface area contributed by atoms with E-state index in [-0.39, 0.29) is 17.2 Å². The molecule has 0 aliphatic carbocycles. The summed E-state index contributed by atoms with van der Waals surface area (Å²) in [4.78, 5) is 26.5. The molecule has 0 aromatic heterocycles. The lowest BCUT2D eigenvalue weighted by Crippen LogP contribution is -2.42. The minimum atomic E-state index is -0.374. The maximum absolute atomic E-state index is 12.7. The molecule has 2 amide bonds. The number of nitrogens with zero attached hydrogens (tertiary/aromatic N) is 1. The Morgan fingerprint density at radius 1 is 1.10 bits per heavy atom. The Morgan fingerprint density at radius 3 is 2.53 bits per heavy atom. The number of primary amides is 1. The Bertz CT molecular complexity index is 933. The summed E-state index contributed by atoms with van der Waals surface area (Å²) in [5.41, 5.74) is 10.2. The van der Waals surface area contributed by atoms with E-state index in [4.69, 9.17) is 5.73 Å². The Morgan fingerprint density at radius 2 is 1.83 bits per heavy atom. The molecule has 0 bridgehead atoms. The van der Waals surface area contributed by atoms with Gasteiger partial charge in [-0.25, -0.2) is 0 Å². The van der Waals surface area contributed by atoms with Crippen LogP contribution in [0.5, 0.6) is 0 Å². The van der Waals surface area contributed by atoms with Gasteiger partial charge < -0.3 is 16.4 Å². The van der Waals surface area contributed by atoms with Crippen LogP contribution in [0.3, 0.4) is 0 Å². The molecule has 2 aromatic carbocycles. The number of piperidine rings is 1. The molecule has 0 spiro atoms. The van der Waals surface area contributed by atoms with Gasteiger partial charge in [0.05, 0.1) is 0 Å². The van der Waals surface area contributed by atoms with E-state index in [2.05, 4.69) is 34.6 Å². The highest BCUT2D eigenvalue weighted by atomic mass is 16.2. The predicted molar refractivity (Wildman–Crippen MR) is 118 cm³/mol. The van der Waals surface area contributed by atoms with Gasteiger partial charge in [0.15, 0.2) is 0 Å². The molecule has 4 rings (SSSR count). The summed E-state index contributed by atoms with van der Waals surface area (Å²) in [5.74, 6) is -0.263. The second kappa shape index (κ2) is 8.58. The van der Waals surface area contributed by atoms with Gasteiger partial charge in [-0.05, 0) is 73.3 Å². The van der Waals surface area contributed by atoms with Crippen molar-refractivity contribution >= 4 is 17.5 Å². The van der Waals surface area contributed by atoms with Crippen LogP contribution in [0.1, 0.15) is 46.8 Å². The van der Waals surface area contributed by atoms with Crippen molar-refractivity contribution in [3.05, 3.63) is 64.7 Å². The van der Waals surface area contributed by atoms with Crippen molar-refractivity contribution in [2.75, 3.05) is 25.0 Å². The number of carbonyl (C=O) groups is 2. The number of fused-ring (bicyclic) bond motifs is 1. The molecule has 6 heteroatoms. The lowest BCUT2D eigenvalue weighted by atomic mass is 9.80. The number of hydrogen-bond acceptors (Lipinski definition) is 4. The molecule has 0 saturated carbocycles. The van der Waals surface area contributed by atoms with E-state index in [9.17, 15) is 9.59 Å². The molecule has 2 aliphatic heterocycles. The fourth-order valence-electron chi connectivity index (χ4n) is 4.34.